The van der Waals surface area contributed by atoms with Crippen LogP contribution < -0.4 is 14.4 Å². The number of Topliss-reactive ketones (excluding diaryl/α,β-unsaturated/α-hetero) is 1. The molecule has 0 N–H and O–H groups in total. The molecular weight excluding hydrogens is 362 g/mol. The summed E-state index contributed by atoms with van der Waals surface area (Å²) in [6.07, 6.45) is 0.160. The monoisotopic (exact) mass is 383 g/mol. The van der Waals surface area contributed by atoms with Gasteiger partial charge in [-0.1, -0.05) is 12.1 Å². The van der Waals surface area contributed by atoms with Gasteiger partial charge in [0.2, 0.25) is 5.91 Å². The molecule has 0 aromatic heterocycles. The van der Waals surface area contributed by atoms with E-state index in [1.807, 2.05) is 6.92 Å². The molecule has 0 atom stereocenters. The Morgan fingerprint density at radius 3 is 2.61 bits per heavy atom. The highest BCUT2D eigenvalue weighted by Crippen LogP contribution is 2.30. The van der Waals surface area contributed by atoms with Crippen molar-refractivity contribution in [1.82, 2.24) is 0 Å². The van der Waals surface area contributed by atoms with Crippen LogP contribution in [0.5, 0.6) is 11.5 Å². The fraction of sp³-hybridized carbons (Fsp3) is 0.286. The number of para-hydroxylation sites is 2. The Balaban J connectivity index is 1.59. The van der Waals surface area contributed by atoms with Gasteiger partial charge in [0.05, 0.1) is 25.3 Å². The summed E-state index contributed by atoms with van der Waals surface area (Å²) in [5.74, 6) is -0.0328. The number of hydrogen-bond acceptors (Lipinski definition) is 6. The molecule has 0 saturated heterocycles. The lowest BCUT2D eigenvalue weighted by atomic mass is 10.1. The van der Waals surface area contributed by atoms with Crippen LogP contribution in [-0.4, -0.2) is 44.0 Å². The number of ketones is 1. The molecule has 1 amide bonds. The summed E-state index contributed by atoms with van der Waals surface area (Å²) in [4.78, 5) is 38.1. The van der Waals surface area contributed by atoms with Crippen LogP contribution >= 0.6 is 0 Å². The number of rotatable bonds is 7. The first-order valence-corrected chi connectivity index (χ1v) is 9.02. The zero-order valence-electron chi connectivity index (χ0n) is 15.6. The number of anilines is 1. The van der Waals surface area contributed by atoms with E-state index in [4.69, 9.17) is 14.2 Å². The SMILES string of the molecule is CCOc1ccc(C(=O)COC(=O)CN2C(=O)CCOc3ccccc32)cc1. The topological polar surface area (TPSA) is 82.1 Å². The van der Waals surface area contributed by atoms with Crippen molar-refractivity contribution < 1.29 is 28.6 Å². The molecule has 0 radical (unpaired) electrons. The molecule has 0 saturated carbocycles. The van der Waals surface area contributed by atoms with E-state index >= 15 is 0 Å². The van der Waals surface area contributed by atoms with E-state index in [0.717, 1.165) is 0 Å². The van der Waals surface area contributed by atoms with Crippen molar-refractivity contribution in [3.8, 4) is 11.5 Å². The van der Waals surface area contributed by atoms with Gasteiger partial charge in [-0.2, -0.15) is 0 Å². The number of esters is 1. The molecule has 1 aliphatic rings. The third-order valence-corrected chi connectivity index (χ3v) is 4.17. The molecule has 0 aliphatic carbocycles. The number of amides is 1. The van der Waals surface area contributed by atoms with Crippen molar-refractivity contribution in [3.05, 3.63) is 54.1 Å². The maximum Gasteiger partial charge on any atom is 0.326 e. The summed E-state index contributed by atoms with van der Waals surface area (Å²) < 4.78 is 16.0. The smallest absolute Gasteiger partial charge is 0.326 e. The minimum Gasteiger partial charge on any atom is -0.494 e. The fourth-order valence-corrected chi connectivity index (χ4v) is 2.80. The zero-order valence-corrected chi connectivity index (χ0v) is 15.6. The lowest BCUT2D eigenvalue weighted by Crippen LogP contribution is -2.36. The average Bonchev–Trinajstić information content (AvgIpc) is 2.86. The molecule has 146 valence electrons. The first-order chi connectivity index (χ1) is 13.6. The molecule has 28 heavy (non-hydrogen) atoms. The molecule has 3 rings (SSSR count). The van der Waals surface area contributed by atoms with Gasteiger partial charge in [0.15, 0.2) is 12.4 Å². The second-order valence-corrected chi connectivity index (χ2v) is 6.09. The Bertz CT molecular complexity index is 861. The van der Waals surface area contributed by atoms with E-state index in [0.29, 0.717) is 29.4 Å². The standard InChI is InChI=1S/C21H21NO6/c1-2-26-16-9-7-15(8-10-16)18(23)14-28-21(25)13-22-17-5-3-4-6-19(17)27-12-11-20(22)24/h3-10H,2,11-14H2,1H3. The number of ether oxygens (including phenoxy) is 3. The van der Waals surface area contributed by atoms with Crippen molar-refractivity contribution in [2.24, 2.45) is 0 Å². The van der Waals surface area contributed by atoms with Crippen molar-refractivity contribution in [3.63, 3.8) is 0 Å². The zero-order chi connectivity index (χ0) is 19.9. The fourth-order valence-electron chi connectivity index (χ4n) is 2.80. The summed E-state index contributed by atoms with van der Waals surface area (Å²) in [6, 6.07) is 13.6. The Morgan fingerprint density at radius 2 is 1.86 bits per heavy atom. The Kier molecular flexibility index (Phi) is 6.26. The molecule has 7 nitrogen and oxygen atoms in total. The molecule has 0 fully saturated rings. The lowest BCUT2D eigenvalue weighted by molar-refractivity contribution is -0.141. The van der Waals surface area contributed by atoms with Crippen LogP contribution in [0.15, 0.2) is 48.5 Å². The third kappa shape index (κ3) is 4.68. The van der Waals surface area contributed by atoms with E-state index in [9.17, 15) is 14.4 Å². The van der Waals surface area contributed by atoms with Crippen LogP contribution in [0.3, 0.4) is 0 Å². The van der Waals surface area contributed by atoms with Crippen LogP contribution in [0, 0.1) is 0 Å². The van der Waals surface area contributed by atoms with Gasteiger partial charge in [-0.15, -0.1) is 0 Å². The predicted octanol–water partition coefficient (Wildman–Crippen LogP) is 2.63. The summed E-state index contributed by atoms with van der Waals surface area (Å²) in [6.45, 7) is 1.98. The molecule has 0 bridgehead atoms. The minimum atomic E-state index is -0.663. The Hall–Kier alpha value is -3.35. The van der Waals surface area contributed by atoms with E-state index < -0.39 is 12.6 Å². The molecule has 7 heteroatoms. The second-order valence-electron chi connectivity index (χ2n) is 6.09. The number of carbonyl (C=O) groups excluding carboxylic acids is 3. The minimum absolute atomic E-state index is 0.160. The number of carbonyl (C=O) groups is 3. The van der Waals surface area contributed by atoms with Crippen LogP contribution in [-0.2, 0) is 14.3 Å². The van der Waals surface area contributed by atoms with Gasteiger partial charge in [-0.25, -0.2) is 0 Å². The molecule has 1 heterocycles. The average molecular weight is 383 g/mol. The largest absolute Gasteiger partial charge is 0.494 e. The van der Waals surface area contributed by atoms with E-state index in [1.165, 1.54) is 4.90 Å². The van der Waals surface area contributed by atoms with E-state index in [2.05, 4.69) is 0 Å². The highest BCUT2D eigenvalue weighted by Gasteiger charge is 2.25. The van der Waals surface area contributed by atoms with E-state index in [1.54, 1.807) is 48.5 Å². The second kappa shape index (κ2) is 9.03. The van der Waals surface area contributed by atoms with Crippen molar-refractivity contribution in [1.29, 1.82) is 0 Å². The highest BCUT2D eigenvalue weighted by atomic mass is 16.5. The van der Waals surface area contributed by atoms with Crippen molar-refractivity contribution in [2.75, 3.05) is 31.3 Å². The summed E-state index contributed by atoms with van der Waals surface area (Å²) in [5, 5.41) is 0. The van der Waals surface area contributed by atoms with Gasteiger partial charge in [0.25, 0.3) is 0 Å². The Labute approximate surface area is 162 Å². The molecule has 2 aromatic rings. The number of hydrogen-bond donors (Lipinski definition) is 0. The first kappa shape index (κ1) is 19.4. The van der Waals surface area contributed by atoms with Crippen molar-refractivity contribution >= 4 is 23.3 Å². The van der Waals surface area contributed by atoms with Gasteiger partial charge in [0.1, 0.15) is 18.0 Å². The summed E-state index contributed by atoms with van der Waals surface area (Å²) in [5.41, 5.74) is 0.931. The maximum absolute atomic E-state index is 12.3. The van der Waals surface area contributed by atoms with Crippen LogP contribution in [0.2, 0.25) is 0 Å². The van der Waals surface area contributed by atoms with Gasteiger partial charge in [0, 0.05) is 5.56 Å². The summed E-state index contributed by atoms with van der Waals surface area (Å²) >= 11 is 0. The number of nitrogens with zero attached hydrogens (tertiary/aromatic N) is 1. The van der Waals surface area contributed by atoms with Gasteiger partial charge < -0.3 is 14.2 Å². The normalized spacial score (nSPS) is 13.2. The third-order valence-electron chi connectivity index (χ3n) is 4.17. The highest BCUT2D eigenvalue weighted by molar-refractivity contribution is 6.01. The van der Waals surface area contributed by atoms with Crippen LogP contribution in [0.4, 0.5) is 5.69 Å². The number of fused-ring (bicyclic) bond motifs is 1. The van der Waals surface area contributed by atoms with Crippen molar-refractivity contribution in [2.45, 2.75) is 13.3 Å². The maximum atomic E-state index is 12.3. The first-order valence-electron chi connectivity index (χ1n) is 9.02. The van der Waals surface area contributed by atoms with Gasteiger partial charge >= 0.3 is 5.97 Å². The molecule has 1 aliphatic heterocycles. The van der Waals surface area contributed by atoms with Gasteiger partial charge in [-0.3, -0.25) is 19.3 Å². The predicted molar refractivity (Wildman–Crippen MR) is 102 cm³/mol. The van der Waals surface area contributed by atoms with Gasteiger partial charge in [-0.05, 0) is 43.3 Å². The lowest BCUT2D eigenvalue weighted by Gasteiger charge is -2.20. The Morgan fingerprint density at radius 1 is 1.11 bits per heavy atom. The summed E-state index contributed by atoms with van der Waals surface area (Å²) in [7, 11) is 0. The molecular formula is C21H21NO6. The number of benzene rings is 2. The quantitative estimate of drug-likeness (QED) is 0.540. The molecule has 0 spiro atoms. The molecule has 0 unspecified atom stereocenters. The van der Waals surface area contributed by atoms with E-state index in [-0.39, 0.29) is 31.3 Å². The molecule has 2 aromatic carbocycles. The van der Waals surface area contributed by atoms with Crippen LogP contribution in [0.25, 0.3) is 0 Å². The van der Waals surface area contributed by atoms with Crippen LogP contribution in [0.1, 0.15) is 23.7 Å².